The summed E-state index contributed by atoms with van der Waals surface area (Å²) in [5, 5.41) is 0. The highest BCUT2D eigenvalue weighted by molar-refractivity contribution is 9.11. The van der Waals surface area contributed by atoms with Gasteiger partial charge in [-0.25, -0.2) is 4.98 Å². The molecule has 6 heteroatoms. The quantitative estimate of drug-likeness (QED) is 0.721. The molecule has 0 unspecified atom stereocenters. The van der Waals surface area contributed by atoms with Crippen molar-refractivity contribution in [2.24, 2.45) is 0 Å². The summed E-state index contributed by atoms with van der Waals surface area (Å²) in [6.07, 6.45) is 4.23. The highest BCUT2D eigenvalue weighted by atomic mass is 79.9. The molecule has 1 aliphatic heterocycles. The Kier molecular flexibility index (Phi) is 5.73. The van der Waals surface area contributed by atoms with Crippen LogP contribution in [-0.4, -0.2) is 36.7 Å². The number of hydrogen-bond donors (Lipinski definition) is 0. The number of rotatable bonds is 4. The molecule has 2 rings (SSSR count). The van der Waals surface area contributed by atoms with Gasteiger partial charge >= 0.3 is 0 Å². The first kappa shape index (κ1) is 14.6. The summed E-state index contributed by atoms with van der Waals surface area (Å²) in [6, 6.07) is 2.03. The third kappa shape index (κ3) is 3.83. The largest absolute Gasteiger partial charge is 0.377 e. The minimum atomic E-state index is 0.342. The molecule has 0 N–H and O–H groups in total. The van der Waals surface area contributed by atoms with Gasteiger partial charge in [0.25, 0.3) is 0 Å². The van der Waals surface area contributed by atoms with Crippen molar-refractivity contribution in [2.45, 2.75) is 18.9 Å². The van der Waals surface area contributed by atoms with E-state index in [1.807, 2.05) is 12.3 Å². The third-order valence-electron chi connectivity index (χ3n) is 2.96. The van der Waals surface area contributed by atoms with E-state index in [1.54, 1.807) is 0 Å². The summed E-state index contributed by atoms with van der Waals surface area (Å²) >= 11 is 12.6. The Bertz CT molecular complexity index is 398. The second-order valence-corrected chi connectivity index (χ2v) is 6.35. The van der Waals surface area contributed by atoms with E-state index < -0.39 is 0 Å². The first-order valence-corrected chi connectivity index (χ1v) is 8.06. The lowest BCUT2D eigenvalue weighted by molar-refractivity contribution is 0.0471. The maximum Gasteiger partial charge on any atom is 0.142 e. The summed E-state index contributed by atoms with van der Waals surface area (Å²) in [4.78, 5) is 6.75. The summed E-state index contributed by atoms with van der Waals surface area (Å²) in [7, 11) is 0. The maximum absolute atomic E-state index is 5.67. The second kappa shape index (κ2) is 7.08. The average molecular weight is 399 g/mol. The van der Waals surface area contributed by atoms with Crippen molar-refractivity contribution in [1.82, 2.24) is 4.98 Å². The summed E-state index contributed by atoms with van der Waals surface area (Å²) < 4.78 is 7.68. The number of alkyl halides is 1. The second-order valence-electron chi connectivity index (χ2n) is 4.21. The number of aromatic nitrogens is 1. The van der Waals surface area contributed by atoms with E-state index in [4.69, 9.17) is 16.3 Å². The smallest absolute Gasteiger partial charge is 0.142 e. The van der Waals surface area contributed by atoms with Gasteiger partial charge in [0.15, 0.2) is 0 Å². The van der Waals surface area contributed by atoms with Crippen LogP contribution >= 0.6 is 43.5 Å². The zero-order valence-corrected chi connectivity index (χ0v) is 13.8. The molecule has 0 saturated carbocycles. The number of halogens is 3. The molecule has 0 bridgehead atoms. The summed E-state index contributed by atoms with van der Waals surface area (Å²) in [5.41, 5.74) is 0. The van der Waals surface area contributed by atoms with Gasteiger partial charge in [-0.2, -0.15) is 0 Å². The van der Waals surface area contributed by atoms with Crippen molar-refractivity contribution in [2.75, 3.05) is 30.5 Å². The molecular weight excluding hydrogens is 383 g/mol. The van der Waals surface area contributed by atoms with Crippen molar-refractivity contribution in [1.29, 1.82) is 0 Å². The molecule has 18 heavy (non-hydrogen) atoms. The van der Waals surface area contributed by atoms with Gasteiger partial charge < -0.3 is 9.64 Å². The monoisotopic (exact) mass is 396 g/mol. The number of ether oxygens (including phenoxy) is 1. The zero-order chi connectivity index (χ0) is 13.0. The van der Waals surface area contributed by atoms with Crippen molar-refractivity contribution >= 4 is 49.3 Å². The van der Waals surface area contributed by atoms with E-state index in [1.165, 1.54) is 0 Å². The lowest BCUT2D eigenvalue weighted by Crippen LogP contribution is -2.37. The van der Waals surface area contributed by atoms with Crippen LogP contribution in [0.25, 0.3) is 0 Å². The van der Waals surface area contributed by atoms with Crippen LogP contribution in [0, 0.1) is 0 Å². The van der Waals surface area contributed by atoms with Gasteiger partial charge in [-0.1, -0.05) is 0 Å². The number of anilines is 1. The van der Waals surface area contributed by atoms with Crippen molar-refractivity contribution in [3.8, 4) is 0 Å². The molecule has 0 amide bonds. The van der Waals surface area contributed by atoms with Gasteiger partial charge in [0.2, 0.25) is 0 Å². The molecule has 2 heterocycles. The molecule has 1 saturated heterocycles. The van der Waals surface area contributed by atoms with Crippen LogP contribution in [0.1, 0.15) is 12.8 Å². The topological polar surface area (TPSA) is 25.4 Å². The average Bonchev–Trinajstić information content (AvgIpc) is 2.37. The SMILES string of the molecule is ClCCOC1CCN(c2ncc(Br)cc2Br)CC1. The van der Waals surface area contributed by atoms with E-state index in [0.717, 1.165) is 40.7 Å². The molecule has 0 radical (unpaired) electrons. The fourth-order valence-corrected chi connectivity index (χ4v) is 3.41. The van der Waals surface area contributed by atoms with Crippen LogP contribution in [0.2, 0.25) is 0 Å². The third-order valence-corrected chi connectivity index (χ3v) is 4.13. The standard InChI is InChI=1S/C12H15Br2ClN2O/c13-9-7-11(14)12(16-8-9)17-4-1-10(2-5-17)18-6-3-15/h7-8,10H,1-6H2. The van der Waals surface area contributed by atoms with Crippen LogP contribution in [0.5, 0.6) is 0 Å². The van der Waals surface area contributed by atoms with Gasteiger partial charge in [-0.05, 0) is 50.8 Å². The highest BCUT2D eigenvalue weighted by Gasteiger charge is 2.21. The Morgan fingerprint density at radius 2 is 2.11 bits per heavy atom. The summed E-state index contributed by atoms with van der Waals surface area (Å²) in [5.74, 6) is 1.58. The van der Waals surface area contributed by atoms with Crippen molar-refractivity contribution in [3.05, 3.63) is 21.2 Å². The lowest BCUT2D eigenvalue weighted by Gasteiger charge is -2.33. The normalized spacial score (nSPS) is 17.2. The molecular formula is C12H15Br2ClN2O. The first-order chi connectivity index (χ1) is 8.70. The maximum atomic E-state index is 5.67. The molecule has 1 aromatic rings. The Hall–Kier alpha value is 0.160. The molecule has 0 atom stereocenters. The number of nitrogens with zero attached hydrogens (tertiary/aromatic N) is 2. The Morgan fingerprint density at radius 1 is 1.39 bits per heavy atom. The Morgan fingerprint density at radius 3 is 2.72 bits per heavy atom. The van der Waals surface area contributed by atoms with E-state index >= 15 is 0 Å². The molecule has 0 spiro atoms. The molecule has 0 aliphatic carbocycles. The highest BCUT2D eigenvalue weighted by Crippen LogP contribution is 2.29. The van der Waals surface area contributed by atoms with Crippen LogP contribution in [0.3, 0.4) is 0 Å². The van der Waals surface area contributed by atoms with Crippen LogP contribution in [-0.2, 0) is 4.74 Å². The van der Waals surface area contributed by atoms with E-state index in [9.17, 15) is 0 Å². The van der Waals surface area contributed by atoms with E-state index in [0.29, 0.717) is 18.6 Å². The van der Waals surface area contributed by atoms with Gasteiger partial charge in [0, 0.05) is 29.6 Å². The molecule has 1 aromatic heterocycles. The van der Waals surface area contributed by atoms with Gasteiger partial charge in [0.1, 0.15) is 5.82 Å². The first-order valence-electron chi connectivity index (χ1n) is 5.94. The van der Waals surface area contributed by atoms with Gasteiger partial charge in [-0.3, -0.25) is 0 Å². The minimum Gasteiger partial charge on any atom is -0.377 e. The zero-order valence-electron chi connectivity index (χ0n) is 9.91. The lowest BCUT2D eigenvalue weighted by atomic mass is 10.1. The van der Waals surface area contributed by atoms with E-state index in [2.05, 4.69) is 41.7 Å². The molecule has 3 nitrogen and oxygen atoms in total. The number of piperidine rings is 1. The summed E-state index contributed by atoms with van der Waals surface area (Å²) in [6.45, 7) is 2.59. The van der Waals surface area contributed by atoms with Crippen LogP contribution in [0.4, 0.5) is 5.82 Å². The Balaban J connectivity index is 1.93. The van der Waals surface area contributed by atoms with Gasteiger partial charge in [-0.15, -0.1) is 11.6 Å². The van der Waals surface area contributed by atoms with Crippen LogP contribution < -0.4 is 4.90 Å². The van der Waals surface area contributed by atoms with E-state index in [-0.39, 0.29) is 0 Å². The minimum absolute atomic E-state index is 0.342. The van der Waals surface area contributed by atoms with Gasteiger partial charge in [0.05, 0.1) is 17.2 Å². The van der Waals surface area contributed by atoms with Crippen molar-refractivity contribution < 1.29 is 4.74 Å². The predicted molar refractivity (Wildman–Crippen MR) is 81.5 cm³/mol. The molecule has 1 fully saturated rings. The predicted octanol–water partition coefficient (Wildman–Crippen LogP) is 3.83. The fourth-order valence-electron chi connectivity index (χ4n) is 2.09. The molecule has 1 aliphatic rings. The molecule has 100 valence electrons. The fraction of sp³-hybridized carbons (Fsp3) is 0.583. The van der Waals surface area contributed by atoms with Crippen LogP contribution in [0.15, 0.2) is 21.2 Å². The number of hydrogen-bond acceptors (Lipinski definition) is 3. The molecule has 0 aromatic carbocycles. The van der Waals surface area contributed by atoms with Crippen molar-refractivity contribution in [3.63, 3.8) is 0 Å². The Labute approximate surface area is 129 Å². The number of pyridine rings is 1.